The average molecular weight is 223 g/mol. The number of halogens is 1. The number of methoxy groups -OCH3 is 1. The van der Waals surface area contributed by atoms with Gasteiger partial charge < -0.3 is 10.5 Å². The van der Waals surface area contributed by atoms with Crippen LogP contribution in [0.25, 0.3) is 11.1 Å². The highest BCUT2D eigenvalue weighted by Gasteiger charge is 2.07. The molecule has 0 radical (unpaired) electrons. The second kappa shape index (κ2) is 3.90. The van der Waals surface area contributed by atoms with Crippen molar-refractivity contribution in [2.45, 2.75) is 0 Å². The molecule has 1 aromatic heterocycles. The lowest BCUT2D eigenvalue weighted by Gasteiger charge is -2.04. The molecule has 78 valence electrons. The van der Waals surface area contributed by atoms with E-state index in [9.17, 15) is 4.39 Å². The lowest BCUT2D eigenvalue weighted by atomic mass is 10.1. The molecule has 0 aliphatic carbocycles. The van der Waals surface area contributed by atoms with Crippen molar-refractivity contribution in [1.29, 1.82) is 0 Å². The van der Waals surface area contributed by atoms with Crippen molar-refractivity contribution in [2.75, 3.05) is 12.8 Å². The first-order valence-electron chi connectivity index (χ1n) is 4.38. The minimum Gasteiger partial charge on any atom is -0.494 e. The van der Waals surface area contributed by atoms with Gasteiger partial charge in [0, 0.05) is 16.3 Å². The summed E-state index contributed by atoms with van der Waals surface area (Å²) in [6.45, 7) is 0. The molecule has 0 fully saturated rings. The number of nitrogen functional groups attached to an aromatic ring is 1. The van der Waals surface area contributed by atoms with E-state index in [1.165, 1.54) is 24.5 Å². The summed E-state index contributed by atoms with van der Waals surface area (Å²) < 4.78 is 18.3. The van der Waals surface area contributed by atoms with Gasteiger partial charge in [-0.25, -0.2) is 4.39 Å². The van der Waals surface area contributed by atoms with Crippen LogP contribution in [0.5, 0.6) is 5.75 Å². The number of anilines is 1. The first-order chi connectivity index (χ1) is 7.22. The highest BCUT2D eigenvalue weighted by molar-refractivity contribution is 7.08. The molecule has 2 aromatic rings. The molecule has 0 aliphatic rings. The highest BCUT2D eigenvalue weighted by atomic mass is 32.1. The molecule has 0 aliphatic heterocycles. The zero-order valence-electron chi connectivity index (χ0n) is 8.16. The fourth-order valence-corrected chi connectivity index (χ4v) is 2.13. The summed E-state index contributed by atoms with van der Waals surface area (Å²) in [5.41, 5.74) is 8.05. The van der Waals surface area contributed by atoms with Crippen LogP contribution in [0, 0.1) is 5.82 Å². The number of rotatable bonds is 2. The summed E-state index contributed by atoms with van der Waals surface area (Å²) in [7, 11) is 1.44. The van der Waals surface area contributed by atoms with Crippen LogP contribution in [0.2, 0.25) is 0 Å². The van der Waals surface area contributed by atoms with Crippen LogP contribution in [0.4, 0.5) is 10.1 Å². The van der Waals surface area contributed by atoms with E-state index in [0.29, 0.717) is 5.69 Å². The summed E-state index contributed by atoms with van der Waals surface area (Å²) in [6, 6.07) is 4.82. The zero-order chi connectivity index (χ0) is 10.8. The molecule has 2 nitrogen and oxygen atoms in total. The fraction of sp³-hybridized carbons (Fsp3) is 0.0909. The van der Waals surface area contributed by atoms with Crippen molar-refractivity contribution in [3.05, 3.63) is 34.8 Å². The van der Waals surface area contributed by atoms with Crippen LogP contribution in [-0.4, -0.2) is 7.11 Å². The van der Waals surface area contributed by atoms with E-state index in [1.54, 1.807) is 12.1 Å². The second-order valence-electron chi connectivity index (χ2n) is 3.09. The molecular weight excluding hydrogens is 213 g/mol. The maximum absolute atomic E-state index is 13.4. The normalized spacial score (nSPS) is 10.3. The van der Waals surface area contributed by atoms with E-state index >= 15 is 0 Å². The average Bonchev–Trinajstić information content (AvgIpc) is 2.64. The van der Waals surface area contributed by atoms with Gasteiger partial charge in [0.15, 0.2) is 11.6 Å². The summed E-state index contributed by atoms with van der Waals surface area (Å²) >= 11 is 1.50. The van der Waals surface area contributed by atoms with Gasteiger partial charge in [-0.05, 0) is 17.7 Å². The number of hydrogen-bond acceptors (Lipinski definition) is 3. The molecule has 0 bridgehead atoms. The van der Waals surface area contributed by atoms with Crippen molar-refractivity contribution in [1.82, 2.24) is 0 Å². The monoisotopic (exact) mass is 223 g/mol. The predicted molar refractivity (Wildman–Crippen MR) is 60.7 cm³/mol. The van der Waals surface area contributed by atoms with E-state index in [2.05, 4.69) is 0 Å². The quantitative estimate of drug-likeness (QED) is 0.848. The molecule has 0 amide bonds. The van der Waals surface area contributed by atoms with Gasteiger partial charge in [-0.1, -0.05) is 6.07 Å². The van der Waals surface area contributed by atoms with E-state index in [4.69, 9.17) is 10.5 Å². The van der Waals surface area contributed by atoms with E-state index < -0.39 is 0 Å². The summed E-state index contributed by atoms with van der Waals surface area (Å²) in [5.74, 6) is -0.131. The Balaban J connectivity index is 2.47. The van der Waals surface area contributed by atoms with Crippen molar-refractivity contribution in [3.63, 3.8) is 0 Å². The molecule has 1 heterocycles. The third kappa shape index (κ3) is 1.80. The molecule has 15 heavy (non-hydrogen) atoms. The SMILES string of the molecule is COc1ccc(-c2cscc2N)cc1F. The molecule has 1 aromatic carbocycles. The number of nitrogens with two attached hydrogens (primary N) is 1. The number of hydrogen-bond donors (Lipinski definition) is 1. The van der Waals surface area contributed by atoms with Crippen LogP contribution in [0.15, 0.2) is 29.0 Å². The Morgan fingerprint density at radius 1 is 1.33 bits per heavy atom. The standard InChI is InChI=1S/C11H10FNOS/c1-14-11-3-2-7(4-9(11)12)8-5-15-6-10(8)13/h2-6H,13H2,1H3. The largest absolute Gasteiger partial charge is 0.494 e. The molecule has 0 spiro atoms. The molecule has 0 atom stereocenters. The molecule has 0 unspecified atom stereocenters. The van der Waals surface area contributed by atoms with Crippen molar-refractivity contribution in [3.8, 4) is 16.9 Å². The predicted octanol–water partition coefficient (Wildman–Crippen LogP) is 3.15. The van der Waals surface area contributed by atoms with Crippen LogP contribution < -0.4 is 10.5 Å². The number of ether oxygens (including phenoxy) is 1. The lowest BCUT2D eigenvalue weighted by molar-refractivity contribution is 0.386. The lowest BCUT2D eigenvalue weighted by Crippen LogP contribution is -1.89. The Labute approximate surface area is 91.1 Å². The zero-order valence-corrected chi connectivity index (χ0v) is 8.98. The van der Waals surface area contributed by atoms with Crippen LogP contribution in [-0.2, 0) is 0 Å². The van der Waals surface area contributed by atoms with Gasteiger partial charge in [0.2, 0.25) is 0 Å². The third-order valence-corrected chi connectivity index (χ3v) is 2.92. The van der Waals surface area contributed by atoms with Gasteiger partial charge >= 0.3 is 0 Å². The maximum Gasteiger partial charge on any atom is 0.165 e. The van der Waals surface area contributed by atoms with E-state index in [1.807, 2.05) is 10.8 Å². The van der Waals surface area contributed by atoms with Crippen LogP contribution in [0.1, 0.15) is 0 Å². The van der Waals surface area contributed by atoms with Gasteiger partial charge in [-0.15, -0.1) is 11.3 Å². The molecule has 2 rings (SSSR count). The Kier molecular flexibility index (Phi) is 2.60. The molecule has 0 saturated heterocycles. The van der Waals surface area contributed by atoms with Crippen molar-refractivity contribution in [2.24, 2.45) is 0 Å². The Morgan fingerprint density at radius 2 is 2.13 bits per heavy atom. The van der Waals surface area contributed by atoms with Crippen LogP contribution >= 0.6 is 11.3 Å². The number of benzene rings is 1. The van der Waals surface area contributed by atoms with Gasteiger partial charge in [-0.3, -0.25) is 0 Å². The minimum atomic E-state index is -0.374. The summed E-state index contributed by atoms with van der Waals surface area (Å²) in [5, 5.41) is 3.73. The molecule has 0 saturated carbocycles. The van der Waals surface area contributed by atoms with E-state index in [-0.39, 0.29) is 11.6 Å². The second-order valence-corrected chi connectivity index (χ2v) is 3.83. The van der Waals surface area contributed by atoms with Gasteiger partial charge in [0.25, 0.3) is 0 Å². The summed E-state index contributed by atoms with van der Waals surface area (Å²) in [4.78, 5) is 0. The Morgan fingerprint density at radius 3 is 2.67 bits per heavy atom. The maximum atomic E-state index is 13.4. The minimum absolute atomic E-state index is 0.243. The topological polar surface area (TPSA) is 35.2 Å². The molecule has 2 N–H and O–H groups in total. The number of thiophene rings is 1. The molecule has 4 heteroatoms. The fourth-order valence-electron chi connectivity index (χ4n) is 1.38. The van der Waals surface area contributed by atoms with Crippen molar-refractivity contribution < 1.29 is 9.13 Å². The van der Waals surface area contributed by atoms with Gasteiger partial charge in [-0.2, -0.15) is 0 Å². The van der Waals surface area contributed by atoms with E-state index in [0.717, 1.165) is 11.1 Å². The first kappa shape index (κ1) is 9.98. The van der Waals surface area contributed by atoms with Gasteiger partial charge in [0.1, 0.15) is 0 Å². The first-order valence-corrected chi connectivity index (χ1v) is 5.32. The Hall–Kier alpha value is -1.55. The highest BCUT2D eigenvalue weighted by Crippen LogP contribution is 2.31. The van der Waals surface area contributed by atoms with Gasteiger partial charge in [0.05, 0.1) is 12.8 Å². The summed E-state index contributed by atoms with van der Waals surface area (Å²) in [6.07, 6.45) is 0. The molecular formula is C11H10FNOS. The van der Waals surface area contributed by atoms with Crippen molar-refractivity contribution >= 4 is 17.0 Å². The Bertz CT molecular complexity index is 481. The third-order valence-electron chi connectivity index (χ3n) is 2.15. The van der Waals surface area contributed by atoms with Crippen LogP contribution in [0.3, 0.4) is 0 Å². The smallest absolute Gasteiger partial charge is 0.165 e.